The van der Waals surface area contributed by atoms with Crippen molar-refractivity contribution in [3.05, 3.63) is 35.5 Å². The Bertz CT molecular complexity index is 751. The largest absolute Gasteiger partial charge is 0.493 e. The van der Waals surface area contributed by atoms with Gasteiger partial charge >= 0.3 is 0 Å². The highest BCUT2D eigenvalue weighted by Crippen LogP contribution is 2.34. The van der Waals surface area contributed by atoms with Gasteiger partial charge < -0.3 is 19.3 Å². The van der Waals surface area contributed by atoms with Crippen LogP contribution >= 0.6 is 0 Å². The maximum absolute atomic E-state index is 5.46. The minimum absolute atomic E-state index is 0.774. The van der Waals surface area contributed by atoms with Crippen molar-refractivity contribution in [2.75, 3.05) is 44.2 Å². The summed E-state index contributed by atoms with van der Waals surface area (Å²) < 4.78 is 10.9. The van der Waals surface area contributed by atoms with Gasteiger partial charge in [-0.3, -0.25) is 0 Å². The Morgan fingerprint density at radius 2 is 1.88 bits per heavy atom. The summed E-state index contributed by atoms with van der Waals surface area (Å²) in [6, 6.07) is 6.16. The highest BCUT2D eigenvalue weighted by Gasteiger charge is 2.21. The molecule has 1 aliphatic rings. The zero-order valence-electron chi connectivity index (χ0n) is 16.2. The van der Waals surface area contributed by atoms with E-state index in [1.807, 2.05) is 12.3 Å². The first kappa shape index (κ1) is 18.3. The second kappa shape index (κ2) is 8.25. The standard InChI is InChI=1S/C20H28N4O2/c1-5-6-10-23(2)20-21-9-7-19(22-20)24-11-8-15-12-17(25-3)18(26-4)13-16(15)14-24/h7,9,12-13H,5-6,8,10-11,14H2,1-4H3. The molecule has 6 heteroatoms. The summed E-state index contributed by atoms with van der Waals surface area (Å²) in [5, 5.41) is 0. The summed E-state index contributed by atoms with van der Waals surface area (Å²) in [4.78, 5) is 13.6. The van der Waals surface area contributed by atoms with E-state index in [4.69, 9.17) is 14.5 Å². The summed E-state index contributed by atoms with van der Waals surface area (Å²) in [5.74, 6) is 3.32. The van der Waals surface area contributed by atoms with Crippen LogP contribution in [-0.4, -0.2) is 44.3 Å². The molecule has 140 valence electrons. The van der Waals surface area contributed by atoms with Crippen molar-refractivity contribution >= 4 is 11.8 Å². The molecule has 2 heterocycles. The average molecular weight is 356 g/mol. The van der Waals surface area contributed by atoms with Crippen LogP contribution in [0.15, 0.2) is 24.4 Å². The molecule has 0 radical (unpaired) electrons. The van der Waals surface area contributed by atoms with Gasteiger partial charge in [0, 0.05) is 32.9 Å². The molecule has 1 aliphatic heterocycles. The van der Waals surface area contributed by atoms with Gasteiger partial charge in [0.25, 0.3) is 0 Å². The van der Waals surface area contributed by atoms with Crippen LogP contribution in [0.3, 0.4) is 0 Å². The van der Waals surface area contributed by atoms with Crippen molar-refractivity contribution < 1.29 is 9.47 Å². The van der Waals surface area contributed by atoms with Crippen molar-refractivity contribution in [3.63, 3.8) is 0 Å². The number of fused-ring (bicyclic) bond motifs is 1. The summed E-state index contributed by atoms with van der Waals surface area (Å²) in [7, 11) is 5.40. The molecule has 0 aliphatic carbocycles. The number of anilines is 2. The Labute approximate surface area is 155 Å². The van der Waals surface area contributed by atoms with E-state index < -0.39 is 0 Å². The third-order valence-electron chi connectivity index (χ3n) is 4.86. The lowest BCUT2D eigenvalue weighted by atomic mass is 9.99. The Morgan fingerprint density at radius 3 is 2.58 bits per heavy atom. The first-order valence-corrected chi connectivity index (χ1v) is 9.19. The van der Waals surface area contributed by atoms with Gasteiger partial charge in [-0.15, -0.1) is 0 Å². The molecule has 0 fully saturated rings. The fraction of sp³-hybridized carbons (Fsp3) is 0.500. The molecule has 2 aromatic rings. The van der Waals surface area contributed by atoms with E-state index in [0.717, 1.165) is 62.2 Å². The number of benzene rings is 1. The molecule has 0 saturated heterocycles. The molecule has 0 spiro atoms. The molecule has 0 N–H and O–H groups in total. The van der Waals surface area contributed by atoms with Crippen LogP contribution in [0.25, 0.3) is 0 Å². The van der Waals surface area contributed by atoms with Crippen molar-refractivity contribution in [3.8, 4) is 11.5 Å². The van der Waals surface area contributed by atoms with Gasteiger partial charge in [-0.05, 0) is 42.2 Å². The molecule has 0 unspecified atom stereocenters. The maximum atomic E-state index is 5.46. The Balaban J connectivity index is 1.80. The number of methoxy groups -OCH3 is 2. The fourth-order valence-corrected chi connectivity index (χ4v) is 3.27. The van der Waals surface area contributed by atoms with Crippen LogP contribution in [-0.2, 0) is 13.0 Å². The smallest absolute Gasteiger partial charge is 0.226 e. The van der Waals surface area contributed by atoms with E-state index >= 15 is 0 Å². The summed E-state index contributed by atoms with van der Waals surface area (Å²) in [5.41, 5.74) is 2.57. The highest BCUT2D eigenvalue weighted by molar-refractivity contribution is 5.52. The maximum Gasteiger partial charge on any atom is 0.226 e. The van der Waals surface area contributed by atoms with Gasteiger partial charge in [0.15, 0.2) is 11.5 Å². The second-order valence-corrected chi connectivity index (χ2v) is 6.64. The van der Waals surface area contributed by atoms with Gasteiger partial charge in [-0.25, -0.2) is 4.98 Å². The quantitative estimate of drug-likeness (QED) is 0.759. The van der Waals surface area contributed by atoms with Crippen LogP contribution in [0.1, 0.15) is 30.9 Å². The normalized spacial score (nSPS) is 13.3. The van der Waals surface area contributed by atoms with Gasteiger partial charge in [0.1, 0.15) is 5.82 Å². The third-order valence-corrected chi connectivity index (χ3v) is 4.86. The molecule has 0 amide bonds. The first-order chi connectivity index (χ1) is 12.7. The number of nitrogens with zero attached hydrogens (tertiary/aromatic N) is 4. The van der Waals surface area contributed by atoms with Crippen molar-refractivity contribution in [2.45, 2.75) is 32.7 Å². The van der Waals surface area contributed by atoms with E-state index in [0.29, 0.717) is 0 Å². The number of hydrogen-bond donors (Lipinski definition) is 0. The SMILES string of the molecule is CCCCN(C)c1nccc(N2CCc3cc(OC)c(OC)cc3C2)n1. The summed E-state index contributed by atoms with van der Waals surface area (Å²) in [6.45, 7) is 4.90. The molecule has 1 aromatic heterocycles. The number of ether oxygens (including phenoxy) is 2. The van der Waals surface area contributed by atoms with Crippen LogP contribution in [0.4, 0.5) is 11.8 Å². The Hall–Kier alpha value is -2.50. The van der Waals surface area contributed by atoms with Gasteiger partial charge in [-0.1, -0.05) is 13.3 Å². The predicted octanol–water partition coefficient (Wildman–Crippen LogP) is 3.29. The number of hydrogen-bond acceptors (Lipinski definition) is 6. The zero-order chi connectivity index (χ0) is 18.5. The van der Waals surface area contributed by atoms with E-state index in [2.05, 4.69) is 40.9 Å². The number of rotatable bonds is 7. The fourth-order valence-electron chi connectivity index (χ4n) is 3.27. The number of aromatic nitrogens is 2. The van der Waals surface area contributed by atoms with Crippen LogP contribution in [0.5, 0.6) is 11.5 Å². The van der Waals surface area contributed by atoms with Crippen LogP contribution in [0, 0.1) is 0 Å². The van der Waals surface area contributed by atoms with Gasteiger partial charge in [0.05, 0.1) is 14.2 Å². The second-order valence-electron chi connectivity index (χ2n) is 6.64. The minimum atomic E-state index is 0.774. The summed E-state index contributed by atoms with van der Waals surface area (Å²) in [6.07, 6.45) is 5.12. The molecule has 26 heavy (non-hydrogen) atoms. The lowest BCUT2D eigenvalue weighted by molar-refractivity contribution is 0.353. The monoisotopic (exact) mass is 356 g/mol. The van der Waals surface area contributed by atoms with E-state index in [-0.39, 0.29) is 0 Å². The minimum Gasteiger partial charge on any atom is -0.493 e. The molecule has 1 aromatic carbocycles. The number of unbranched alkanes of at least 4 members (excludes halogenated alkanes) is 1. The summed E-state index contributed by atoms with van der Waals surface area (Å²) >= 11 is 0. The predicted molar refractivity (Wildman–Crippen MR) is 105 cm³/mol. The van der Waals surface area contributed by atoms with E-state index in [1.54, 1.807) is 14.2 Å². The van der Waals surface area contributed by atoms with Crippen LogP contribution < -0.4 is 19.3 Å². The average Bonchev–Trinajstić information content (AvgIpc) is 2.70. The topological polar surface area (TPSA) is 50.7 Å². The molecule has 0 atom stereocenters. The molecular weight excluding hydrogens is 328 g/mol. The van der Waals surface area contributed by atoms with Crippen molar-refractivity contribution in [1.82, 2.24) is 9.97 Å². The van der Waals surface area contributed by atoms with Crippen LogP contribution in [0.2, 0.25) is 0 Å². The molecule has 6 nitrogen and oxygen atoms in total. The Kier molecular flexibility index (Phi) is 5.81. The van der Waals surface area contributed by atoms with E-state index in [9.17, 15) is 0 Å². The van der Waals surface area contributed by atoms with Gasteiger partial charge in [-0.2, -0.15) is 4.98 Å². The molecular formula is C20H28N4O2. The Morgan fingerprint density at radius 1 is 1.15 bits per heavy atom. The first-order valence-electron chi connectivity index (χ1n) is 9.19. The zero-order valence-corrected chi connectivity index (χ0v) is 16.2. The molecule has 3 rings (SSSR count). The highest BCUT2D eigenvalue weighted by atomic mass is 16.5. The molecule has 0 bridgehead atoms. The lowest BCUT2D eigenvalue weighted by Gasteiger charge is -2.31. The van der Waals surface area contributed by atoms with Crippen molar-refractivity contribution in [1.29, 1.82) is 0 Å². The lowest BCUT2D eigenvalue weighted by Crippen LogP contribution is -2.31. The molecule has 0 saturated carbocycles. The van der Waals surface area contributed by atoms with Gasteiger partial charge in [0.2, 0.25) is 5.95 Å². The van der Waals surface area contributed by atoms with Crippen molar-refractivity contribution in [2.24, 2.45) is 0 Å². The van der Waals surface area contributed by atoms with E-state index in [1.165, 1.54) is 11.1 Å². The third kappa shape index (κ3) is 3.84.